The van der Waals surface area contributed by atoms with Gasteiger partial charge in [0.05, 0.1) is 11.3 Å². The molecule has 1 atom stereocenters. The predicted octanol–water partition coefficient (Wildman–Crippen LogP) is 3.57. The summed E-state index contributed by atoms with van der Waals surface area (Å²) in [6, 6.07) is 8.07. The molecule has 1 aromatic carbocycles. The second kappa shape index (κ2) is 6.11. The molecule has 3 heterocycles. The second-order valence-corrected chi connectivity index (χ2v) is 7.74. The van der Waals surface area contributed by atoms with Crippen molar-refractivity contribution in [3.63, 3.8) is 0 Å². The molecule has 0 unspecified atom stereocenters. The lowest BCUT2D eigenvalue weighted by molar-refractivity contribution is -0.133. The summed E-state index contributed by atoms with van der Waals surface area (Å²) >= 11 is 7.58. The van der Waals surface area contributed by atoms with Crippen LogP contribution in [0.3, 0.4) is 0 Å². The second-order valence-electron chi connectivity index (χ2n) is 6.31. The molecule has 0 aliphatic carbocycles. The average molecular weight is 404 g/mol. The van der Waals surface area contributed by atoms with Gasteiger partial charge in [0.15, 0.2) is 5.54 Å². The zero-order valence-corrected chi connectivity index (χ0v) is 15.9. The van der Waals surface area contributed by atoms with Gasteiger partial charge in [0.25, 0.3) is 11.8 Å². The first-order valence-electron chi connectivity index (χ1n) is 8.02. The number of benzene rings is 1. The molecule has 138 valence electrons. The summed E-state index contributed by atoms with van der Waals surface area (Å²) < 4.78 is 6.11. The zero-order chi connectivity index (χ0) is 19.3. The maximum absolute atomic E-state index is 12.8. The van der Waals surface area contributed by atoms with Gasteiger partial charge < -0.3 is 9.73 Å². The Bertz CT molecular complexity index is 1090. The number of fused-ring (bicyclic) bond motifs is 1. The first-order valence-corrected chi connectivity index (χ1v) is 9.21. The first kappa shape index (κ1) is 17.6. The van der Waals surface area contributed by atoms with Gasteiger partial charge in [-0.25, -0.2) is 4.79 Å². The molecule has 27 heavy (non-hydrogen) atoms. The number of carbonyl (C=O) groups excluding carboxylic acids is 3. The average Bonchev–Trinajstić information content (AvgIpc) is 3.32. The van der Waals surface area contributed by atoms with Crippen molar-refractivity contribution < 1.29 is 18.8 Å². The van der Waals surface area contributed by atoms with Crippen molar-refractivity contribution >= 4 is 50.9 Å². The highest BCUT2D eigenvalue weighted by Crippen LogP contribution is 2.37. The summed E-state index contributed by atoms with van der Waals surface area (Å²) in [4.78, 5) is 38.0. The van der Waals surface area contributed by atoms with Crippen molar-refractivity contribution in [2.24, 2.45) is 0 Å². The number of furan rings is 1. The van der Waals surface area contributed by atoms with E-state index in [4.69, 9.17) is 16.0 Å². The largest absolute Gasteiger partial charge is 0.466 e. The molecule has 1 saturated heterocycles. The summed E-state index contributed by atoms with van der Waals surface area (Å²) in [7, 11) is 0. The highest BCUT2D eigenvalue weighted by atomic mass is 35.5. The minimum absolute atomic E-state index is 0.230. The van der Waals surface area contributed by atoms with Crippen LogP contribution in [0.15, 0.2) is 41.0 Å². The number of rotatable bonds is 3. The first-order chi connectivity index (χ1) is 12.8. The van der Waals surface area contributed by atoms with E-state index in [1.165, 1.54) is 24.5 Å². The molecule has 1 fully saturated rings. The molecule has 0 radical (unpaired) electrons. The maximum atomic E-state index is 12.8. The van der Waals surface area contributed by atoms with Gasteiger partial charge in [0.1, 0.15) is 10.6 Å². The number of imide groups is 1. The fourth-order valence-electron chi connectivity index (χ4n) is 3.04. The monoisotopic (exact) mass is 403 g/mol. The third kappa shape index (κ3) is 2.60. The molecule has 2 aromatic heterocycles. The number of hydrazine groups is 1. The molecule has 1 aliphatic heterocycles. The van der Waals surface area contributed by atoms with Crippen molar-refractivity contribution in [3.05, 3.63) is 57.8 Å². The van der Waals surface area contributed by atoms with E-state index in [0.717, 1.165) is 15.6 Å². The van der Waals surface area contributed by atoms with Crippen LogP contribution in [0.25, 0.3) is 10.1 Å². The Morgan fingerprint density at radius 2 is 2.07 bits per heavy atom. The normalized spacial score (nSPS) is 19.6. The molecule has 4 amide bonds. The Morgan fingerprint density at radius 1 is 1.30 bits per heavy atom. The van der Waals surface area contributed by atoms with Gasteiger partial charge in [-0.2, -0.15) is 5.01 Å². The topological polar surface area (TPSA) is 91.7 Å². The van der Waals surface area contributed by atoms with Crippen LogP contribution in [-0.4, -0.2) is 22.9 Å². The Labute approximate surface area is 162 Å². The summed E-state index contributed by atoms with van der Waals surface area (Å²) in [5.74, 6) is -1.01. The van der Waals surface area contributed by atoms with Crippen molar-refractivity contribution in [3.8, 4) is 0 Å². The minimum Gasteiger partial charge on any atom is -0.466 e. The molecular weight excluding hydrogens is 390 g/mol. The number of carbonyl (C=O) groups is 3. The van der Waals surface area contributed by atoms with Crippen LogP contribution >= 0.6 is 22.9 Å². The van der Waals surface area contributed by atoms with E-state index in [1.54, 1.807) is 12.1 Å². The highest BCUT2D eigenvalue weighted by molar-refractivity contribution is 7.21. The van der Waals surface area contributed by atoms with Gasteiger partial charge in [-0.3, -0.25) is 15.0 Å². The summed E-state index contributed by atoms with van der Waals surface area (Å²) in [6.07, 6.45) is 1.40. The van der Waals surface area contributed by atoms with Crippen LogP contribution in [0.4, 0.5) is 4.79 Å². The van der Waals surface area contributed by atoms with Gasteiger partial charge in [0, 0.05) is 10.1 Å². The summed E-state index contributed by atoms with van der Waals surface area (Å²) in [5, 5.41) is 4.27. The molecule has 3 aromatic rings. The minimum atomic E-state index is -1.39. The van der Waals surface area contributed by atoms with Crippen LogP contribution in [0.5, 0.6) is 0 Å². The van der Waals surface area contributed by atoms with E-state index >= 15 is 0 Å². The molecule has 0 saturated carbocycles. The molecule has 0 bridgehead atoms. The van der Waals surface area contributed by atoms with Gasteiger partial charge in [-0.1, -0.05) is 23.7 Å². The van der Waals surface area contributed by atoms with Crippen LogP contribution in [0.1, 0.15) is 27.9 Å². The lowest BCUT2D eigenvalue weighted by atomic mass is 10.00. The van der Waals surface area contributed by atoms with Crippen molar-refractivity contribution in [1.29, 1.82) is 0 Å². The third-order valence-corrected chi connectivity index (χ3v) is 6.13. The number of amides is 4. The molecule has 0 spiro atoms. The van der Waals surface area contributed by atoms with Crippen LogP contribution in [0, 0.1) is 6.92 Å². The zero-order valence-electron chi connectivity index (χ0n) is 14.3. The van der Waals surface area contributed by atoms with E-state index < -0.39 is 23.4 Å². The van der Waals surface area contributed by atoms with Crippen molar-refractivity contribution in [2.75, 3.05) is 0 Å². The van der Waals surface area contributed by atoms with E-state index in [0.29, 0.717) is 10.0 Å². The Balaban J connectivity index is 1.64. The number of hydrogen-bond donors (Lipinski definition) is 2. The number of thiophene rings is 1. The summed E-state index contributed by atoms with van der Waals surface area (Å²) in [5.41, 5.74) is 1.89. The number of halogens is 1. The SMILES string of the molecule is Cc1cccc2sc(C(=O)NN3C(=O)N[C@@](C)(c4ccco4)C3=O)c(Cl)c12. The summed E-state index contributed by atoms with van der Waals surface area (Å²) in [6.45, 7) is 3.41. The quantitative estimate of drug-likeness (QED) is 0.654. The van der Waals surface area contributed by atoms with Gasteiger partial charge in [0.2, 0.25) is 0 Å². The van der Waals surface area contributed by atoms with Crippen LogP contribution < -0.4 is 10.7 Å². The molecular formula is C18H14ClN3O4S. The molecule has 7 nitrogen and oxygen atoms in total. The van der Waals surface area contributed by atoms with E-state index in [9.17, 15) is 14.4 Å². The van der Waals surface area contributed by atoms with Crippen molar-refractivity contribution in [1.82, 2.24) is 15.8 Å². The maximum Gasteiger partial charge on any atom is 0.344 e. The number of urea groups is 1. The Kier molecular flexibility index (Phi) is 3.97. The van der Waals surface area contributed by atoms with Crippen LogP contribution in [-0.2, 0) is 10.3 Å². The van der Waals surface area contributed by atoms with Gasteiger partial charge in [-0.15, -0.1) is 11.3 Å². The fraction of sp³-hybridized carbons (Fsp3) is 0.167. The number of nitrogens with zero attached hydrogens (tertiary/aromatic N) is 1. The van der Waals surface area contributed by atoms with E-state index in [-0.39, 0.29) is 10.6 Å². The smallest absolute Gasteiger partial charge is 0.344 e. The van der Waals surface area contributed by atoms with E-state index in [2.05, 4.69) is 10.7 Å². The lowest BCUT2D eigenvalue weighted by Gasteiger charge is -2.18. The number of aryl methyl sites for hydroxylation is 1. The lowest BCUT2D eigenvalue weighted by Crippen LogP contribution is -2.47. The Hall–Kier alpha value is -2.84. The van der Waals surface area contributed by atoms with Gasteiger partial charge in [-0.05, 0) is 37.6 Å². The molecule has 4 rings (SSSR count). The Morgan fingerprint density at radius 3 is 2.74 bits per heavy atom. The van der Waals surface area contributed by atoms with Gasteiger partial charge >= 0.3 is 6.03 Å². The number of nitrogens with one attached hydrogen (secondary N) is 2. The molecule has 9 heteroatoms. The third-order valence-electron chi connectivity index (χ3n) is 4.49. The van der Waals surface area contributed by atoms with Crippen molar-refractivity contribution in [2.45, 2.75) is 19.4 Å². The van der Waals surface area contributed by atoms with E-state index in [1.807, 2.05) is 25.1 Å². The molecule has 2 N–H and O–H groups in total. The fourth-order valence-corrected chi connectivity index (χ4v) is 4.61. The number of hydrogen-bond acceptors (Lipinski definition) is 5. The van der Waals surface area contributed by atoms with Crippen LogP contribution in [0.2, 0.25) is 5.02 Å². The highest BCUT2D eigenvalue weighted by Gasteiger charge is 2.52. The molecule has 1 aliphatic rings. The standard InChI is InChI=1S/C18H14ClN3O4S/c1-9-5-3-6-10-12(9)13(19)14(27-10)15(23)21-22-16(24)18(2,20-17(22)25)11-7-4-8-26-11/h3-8H,1-2H3,(H,20,25)(H,21,23)/t18-/m0/s1. The predicted molar refractivity (Wildman–Crippen MR) is 100 cm³/mol.